The van der Waals surface area contributed by atoms with Gasteiger partial charge in [-0.3, -0.25) is 14.6 Å². The number of benzene rings is 2. The van der Waals surface area contributed by atoms with Crippen LogP contribution in [0.5, 0.6) is 5.75 Å². The lowest BCUT2D eigenvalue weighted by molar-refractivity contribution is -0.126. The molecule has 4 aromatic rings. The number of thiazole rings is 1. The van der Waals surface area contributed by atoms with Crippen molar-refractivity contribution in [1.29, 1.82) is 0 Å². The van der Waals surface area contributed by atoms with Gasteiger partial charge in [0.1, 0.15) is 17.0 Å². The van der Waals surface area contributed by atoms with Gasteiger partial charge >= 0.3 is 0 Å². The van der Waals surface area contributed by atoms with E-state index >= 15 is 0 Å². The molecule has 1 aliphatic heterocycles. The summed E-state index contributed by atoms with van der Waals surface area (Å²) in [4.78, 5) is 35.9. The number of carbonyl (C=O) groups excluding carboxylic acids is 2. The summed E-state index contributed by atoms with van der Waals surface area (Å²) in [5.74, 6) is 5.44. The molecule has 0 radical (unpaired) electrons. The van der Waals surface area contributed by atoms with Crippen molar-refractivity contribution < 1.29 is 14.7 Å². The Hall–Kier alpha value is -4.22. The van der Waals surface area contributed by atoms with Gasteiger partial charge in [0.15, 0.2) is 0 Å². The third-order valence-electron chi connectivity index (χ3n) is 5.97. The van der Waals surface area contributed by atoms with Crippen LogP contribution in [0.4, 0.5) is 5.69 Å². The van der Waals surface area contributed by atoms with Gasteiger partial charge in [-0.05, 0) is 49.2 Å². The molecule has 8 heteroatoms. The van der Waals surface area contributed by atoms with Gasteiger partial charge in [-0.25, -0.2) is 4.98 Å². The Balaban J connectivity index is 1.21. The number of nitrogens with one attached hydrogen (secondary N) is 1. The van der Waals surface area contributed by atoms with E-state index in [9.17, 15) is 14.7 Å². The molecule has 0 saturated carbocycles. The molecular weight excluding hydrogens is 460 g/mol. The van der Waals surface area contributed by atoms with Crippen molar-refractivity contribution in [3.05, 3.63) is 82.4 Å². The quantitative estimate of drug-likeness (QED) is 0.333. The van der Waals surface area contributed by atoms with Gasteiger partial charge in [0.05, 0.1) is 10.7 Å². The number of fused-ring (bicyclic) bond motifs is 1. The molecule has 2 amide bonds. The first-order chi connectivity index (χ1) is 17.1. The number of aromatic hydroxyl groups is 1. The molecule has 1 aliphatic rings. The van der Waals surface area contributed by atoms with E-state index in [1.807, 2.05) is 30.3 Å². The first-order valence-corrected chi connectivity index (χ1v) is 12.2. The minimum Gasteiger partial charge on any atom is -0.506 e. The van der Waals surface area contributed by atoms with Crippen LogP contribution >= 0.6 is 11.3 Å². The van der Waals surface area contributed by atoms with E-state index < -0.39 is 0 Å². The molecule has 35 heavy (non-hydrogen) atoms. The number of pyridine rings is 1. The minimum absolute atomic E-state index is 0.0606. The molecule has 5 rings (SSSR count). The van der Waals surface area contributed by atoms with Gasteiger partial charge in [-0.1, -0.05) is 24.1 Å². The van der Waals surface area contributed by atoms with Gasteiger partial charge in [0.25, 0.3) is 11.8 Å². The van der Waals surface area contributed by atoms with Crippen LogP contribution in [-0.4, -0.2) is 44.9 Å². The van der Waals surface area contributed by atoms with Crippen molar-refractivity contribution >= 4 is 39.7 Å². The molecule has 1 saturated heterocycles. The highest BCUT2D eigenvalue weighted by Crippen LogP contribution is 2.32. The van der Waals surface area contributed by atoms with Crippen molar-refractivity contribution in [3.8, 4) is 17.6 Å². The van der Waals surface area contributed by atoms with Crippen LogP contribution in [0, 0.1) is 11.8 Å². The number of carbonyl (C=O) groups is 2. The lowest BCUT2D eigenvalue weighted by atomic mass is 9.97. The highest BCUT2D eigenvalue weighted by molar-refractivity contribution is 7.10. The zero-order valence-electron chi connectivity index (χ0n) is 18.8. The number of hydrogen-bond donors (Lipinski definition) is 2. The number of likely N-dealkylation sites (tertiary alicyclic amines) is 1. The Labute approximate surface area is 206 Å². The fourth-order valence-corrected chi connectivity index (χ4v) is 5.06. The second kappa shape index (κ2) is 9.95. The monoisotopic (exact) mass is 482 g/mol. The maximum Gasteiger partial charge on any atom is 0.298 e. The Morgan fingerprint density at radius 3 is 2.66 bits per heavy atom. The summed E-state index contributed by atoms with van der Waals surface area (Å²) in [5.41, 5.74) is 2.16. The number of anilines is 1. The zero-order chi connectivity index (χ0) is 24.2. The fourth-order valence-electron chi connectivity index (χ4n) is 4.09. The lowest BCUT2D eigenvalue weighted by Crippen LogP contribution is -2.37. The molecule has 174 valence electrons. The van der Waals surface area contributed by atoms with E-state index in [0.717, 1.165) is 23.4 Å². The SMILES string of the molecule is O=C(Nc1ccc(O)c2ncccc12)c1csc(C2CCN(C(=O)C#Cc3ccccc3)CC2)n1. The summed E-state index contributed by atoms with van der Waals surface area (Å²) in [7, 11) is 0. The maximum atomic E-state index is 12.9. The molecule has 0 atom stereocenters. The molecule has 0 aliphatic carbocycles. The van der Waals surface area contributed by atoms with Gasteiger partial charge in [0, 0.05) is 47.5 Å². The van der Waals surface area contributed by atoms with E-state index in [4.69, 9.17) is 0 Å². The minimum atomic E-state index is -0.313. The van der Waals surface area contributed by atoms with Crippen molar-refractivity contribution in [3.63, 3.8) is 0 Å². The number of nitrogens with zero attached hydrogens (tertiary/aromatic N) is 3. The zero-order valence-corrected chi connectivity index (χ0v) is 19.6. The summed E-state index contributed by atoms with van der Waals surface area (Å²) < 4.78 is 0. The van der Waals surface area contributed by atoms with E-state index in [1.165, 1.54) is 17.4 Å². The summed E-state index contributed by atoms with van der Waals surface area (Å²) >= 11 is 1.46. The molecule has 0 spiro atoms. The Kier molecular flexibility index (Phi) is 6.42. The van der Waals surface area contributed by atoms with Crippen LogP contribution in [0.2, 0.25) is 0 Å². The van der Waals surface area contributed by atoms with Crippen LogP contribution < -0.4 is 5.32 Å². The highest BCUT2D eigenvalue weighted by atomic mass is 32.1. The van der Waals surface area contributed by atoms with Crippen molar-refractivity contribution in [2.24, 2.45) is 0 Å². The third kappa shape index (κ3) is 5.00. The highest BCUT2D eigenvalue weighted by Gasteiger charge is 2.26. The molecule has 2 aromatic heterocycles. The van der Waals surface area contributed by atoms with E-state index in [1.54, 1.807) is 34.7 Å². The second-order valence-electron chi connectivity index (χ2n) is 8.24. The second-order valence-corrected chi connectivity index (χ2v) is 9.13. The average molecular weight is 483 g/mol. The topological polar surface area (TPSA) is 95.4 Å². The van der Waals surface area contributed by atoms with Gasteiger partial charge < -0.3 is 15.3 Å². The smallest absolute Gasteiger partial charge is 0.298 e. The molecule has 7 nitrogen and oxygen atoms in total. The Morgan fingerprint density at radius 1 is 1.06 bits per heavy atom. The van der Waals surface area contributed by atoms with E-state index in [2.05, 4.69) is 27.1 Å². The molecule has 2 aromatic carbocycles. The molecule has 3 heterocycles. The summed E-state index contributed by atoms with van der Waals surface area (Å²) in [5, 5.41) is 16.2. The fraction of sp³-hybridized carbons (Fsp3) is 0.185. The van der Waals surface area contributed by atoms with Crippen LogP contribution in [0.1, 0.15) is 39.8 Å². The predicted octanol–water partition coefficient (Wildman–Crippen LogP) is 4.41. The molecular formula is C27H22N4O3S. The number of piperidine rings is 1. The summed E-state index contributed by atoms with van der Waals surface area (Å²) in [6.45, 7) is 1.22. The van der Waals surface area contributed by atoms with Crippen molar-refractivity contribution in [1.82, 2.24) is 14.9 Å². The van der Waals surface area contributed by atoms with Crippen LogP contribution in [0.25, 0.3) is 10.9 Å². The summed E-state index contributed by atoms with van der Waals surface area (Å²) in [6, 6.07) is 16.2. The maximum absolute atomic E-state index is 12.9. The van der Waals surface area contributed by atoms with Gasteiger partial charge in [-0.2, -0.15) is 0 Å². The predicted molar refractivity (Wildman–Crippen MR) is 135 cm³/mol. The normalized spacial score (nSPS) is 13.8. The standard InChI is InChI=1S/C27H22N4O3S/c32-23-10-9-21(20-7-4-14-28-25(20)23)29-26(34)22-17-35-27(30-22)19-12-15-31(16-13-19)24(33)11-8-18-5-2-1-3-6-18/h1-7,9-10,14,17,19,32H,12-13,15-16H2,(H,29,34). The number of rotatable bonds is 3. The molecule has 0 bridgehead atoms. The van der Waals surface area contributed by atoms with Crippen LogP contribution in [0.15, 0.2) is 66.2 Å². The van der Waals surface area contributed by atoms with Crippen LogP contribution in [-0.2, 0) is 4.79 Å². The Morgan fingerprint density at radius 2 is 1.86 bits per heavy atom. The first-order valence-electron chi connectivity index (χ1n) is 11.3. The van der Waals surface area contributed by atoms with Crippen molar-refractivity contribution in [2.45, 2.75) is 18.8 Å². The molecule has 0 unspecified atom stereocenters. The largest absolute Gasteiger partial charge is 0.506 e. The molecule has 1 fully saturated rings. The van der Waals surface area contributed by atoms with Gasteiger partial charge in [0.2, 0.25) is 0 Å². The lowest BCUT2D eigenvalue weighted by Gasteiger charge is -2.29. The molecule has 2 N–H and O–H groups in total. The average Bonchev–Trinajstić information content (AvgIpc) is 3.40. The van der Waals surface area contributed by atoms with Gasteiger partial charge in [-0.15, -0.1) is 11.3 Å². The number of hydrogen-bond acceptors (Lipinski definition) is 6. The van der Waals surface area contributed by atoms with Crippen LogP contribution in [0.3, 0.4) is 0 Å². The Bertz CT molecular complexity index is 1450. The van der Waals surface area contributed by atoms with Crippen molar-refractivity contribution in [2.75, 3.05) is 18.4 Å². The summed E-state index contributed by atoms with van der Waals surface area (Å²) in [6.07, 6.45) is 3.15. The number of phenolic OH excluding ortho intramolecular Hbond substituents is 1. The number of aromatic nitrogens is 2. The van der Waals surface area contributed by atoms with E-state index in [0.29, 0.717) is 35.4 Å². The first kappa shape index (κ1) is 22.6. The number of phenols is 1. The number of amides is 2. The van der Waals surface area contributed by atoms with E-state index in [-0.39, 0.29) is 23.5 Å². The third-order valence-corrected chi connectivity index (χ3v) is 6.98.